The number of anilines is 1. The summed E-state index contributed by atoms with van der Waals surface area (Å²) in [5.74, 6) is 1.04. The Balaban J connectivity index is 1.89. The molecule has 7 nitrogen and oxygen atoms in total. The molecule has 0 spiro atoms. The maximum Gasteiger partial charge on any atom is 0.293 e. The predicted molar refractivity (Wildman–Crippen MR) is 73.5 cm³/mol. The van der Waals surface area contributed by atoms with Gasteiger partial charge in [-0.3, -0.25) is 10.1 Å². The van der Waals surface area contributed by atoms with Gasteiger partial charge in [0, 0.05) is 31.5 Å². The minimum Gasteiger partial charge on any atom is -0.376 e. The lowest BCUT2D eigenvalue weighted by Gasteiger charge is -2.10. The number of sulfone groups is 1. The maximum absolute atomic E-state index is 11.5. The van der Waals surface area contributed by atoms with Gasteiger partial charge in [-0.15, -0.1) is 0 Å². The molecule has 1 aliphatic heterocycles. The third-order valence-corrected chi connectivity index (χ3v) is 5.12. The first-order valence-corrected chi connectivity index (χ1v) is 8.23. The van der Waals surface area contributed by atoms with Crippen molar-refractivity contribution in [1.29, 1.82) is 0 Å². The van der Waals surface area contributed by atoms with Gasteiger partial charge in [0.1, 0.15) is 5.69 Å². The minimum atomic E-state index is -3.45. The van der Waals surface area contributed by atoms with Crippen molar-refractivity contribution in [2.24, 2.45) is 11.8 Å². The van der Waals surface area contributed by atoms with Crippen molar-refractivity contribution < 1.29 is 13.3 Å². The van der Waals surface area contributed by atoms with E-state index in [-0.39, 0.29) is 16.6 Å². The van der Waals surface area contributed by atoms with Gasteiger partial charge in [0.2, 0.25) is 0 Å². The van der Waals surface area contributed by atoms with Gasteiger partial charge in [-0.2, -0.15) is 0 Å². The van der Waals surface area contributed by atoms with E-state index >= 15 is 0 Å². The molecule has 20 heavy (non-hydrogen) atoms. The molecule has 1 aromatic carbocycles. The molecule has 1 aliphatic carbocycles. The van der Waals surface area contributed by atoms with E-state index in [4.69, 9.17) is 0 Å². The van der Waals surface area contributed by atoms with Crippen molar-refractivity contribution in [1.82, 2.24) is 5.32 Å². The number of fused-ring (bicyclic) bond motifs is 1. The van der Waals surface area contributed by atoms with Crippen LogP contribution in [0.2, 0.25) is 0 Å². The van der Waals surface area contributed by atoms with Crippen molar-refractivity contribution in [3.05, 3.63) is 28.3 Å². The Bertz CT molecular complexity index is 663. The molecular weight excluding hydrogens is 282 g/mol. The lowest BCUT2D eigenvalue weighted by molar-refractivity contribution is -0.384. The van der Waals surface area contributed by atoms with E-state index in [2.05, 4.69) is 10.6 Å². The molecule has 0 amide bonds. The fourth-order valence-electron chi connectivity index (χ4n) is 2.83. The Hall–Kier alpha value is -1.67. The topological polar surface area (TPSA) is 101 Å². The highest BCUT2D eigenvalue weighted by atomic mass is 32.2. The summed E-state index contributed by atoms with van der Waals surface area (Å²) in [6.45, 7) is 1.86. The number of nitrogens with zero attached hydrogens (tertiary/aromatic N) is 1. The third kappa shape index (κ3) is 2.25. The van der Waals surface area contributed by atoms with Crippen molar-refractivity contribution in [3.8, 4) is 0 Å². The zero-order valence-corrected chi connectivity index (χ0v) is 11.7. The summed E-state index contributed by atoms with van der Waals surface area (Å²) in [5.41, 5.74) is 0.202. The lowest BCUT2D eigenvalue weighted by atomic mass is 10.2. The van der Waals surface area contributed by atoms with Gasteiger partial charge >= 0.3 is 0 Å². The summed E-state index contributed by atoms with van der Waals surface area (Å²) >= 11 is 0. The highest BCUT2D eigenvalue weighted by Gasteiger charge is 2.53. The smallest absolute Gasteiger partial charge is 0.293 e. The Morgan fingerprint density at radius 1 is 1.35 bits per heavy atom. The van der Waals surface area contributed by atoms with Crippen molar-refractivity contribution in [3.63, 3.8) is 0 Å². The first kappa shape index (κ1) is 13.3. The molecule has 2 N–H and O–H groups in total. The van der Waals surface area contributed by atoms with Gasteiger partial charge in [0.15, 0.2) is 9.84 Å². The Labute approximate surface area is 116 Å². The Morgan fingerprint density at radius 2 is 2.00 bits per heavy atom. The molecule has 2 unspecified atom stereocenters. The monoisotopic (exact) mass is 297 g/mol. The number of hydrogen-bond acceptors (Lipinski definition) is 6. The molecule has 2 fully saturated rings. The highest BCUT2D eigenvalue weighted by molar-refractivity contribution is 7.90. The average Bonchev–Trinajstić information content (AvgIpc) is 2.82. The van der Waals surface area contributed by atoms with Crippen molar-refractivity contribution in [2.45, 2.75) is 10.9 Å². The molecule has 2 atom stereocenters. The molecule has 0 radical (unpaired) electrons. The van der Waals surface area contributed by atoms with Crippen LogP contribution in [0.15, 0.2) is 23.1 Å². The summed E-state index contributed by atoms with van der Waals surface area (Å²) in [6, 6.07) is 4.25. The van der Waals surface area contributed by atoms with E-state index in [1.807, 2.05) is 0 Å². The van der Waals surface area contributed by atoms with E-state index < -0.39 is 14.8 Å². The number of nitro benzene ring substituents is 1. The molecule has 3 rings (SSSR count). The molecule has 1 saturated heterocycles. The van der Waals surface area contributed by atoms with Gasteiger partial charge < -0.3 is 10.6 Å². The van der Waals surface area contributed by atoms with Crippen LogP contribution in [0, 0.1) is 22.0 Å². The lowest BCUT2D eigenvalue weighted by Crippen LogP contribution is -2.21. The number of hydrogen-bond donors (Lipinski definition) is 2. The zero-order chi connectivity index (χ0) is 14.5. The molecule has 8 heteroatoms. The normalized spacial score (nSPS) is 27.9. The molecule has 0 bridgehead atoms. The summed E-state index contributed by atoms with van der Waals surface area (Å²) in [7, 11) is -3.45. The van der Waals surface area contributed by atoms with Crippen LogP contribution >= 0.6 is 0 Å². The SMILES string of the molecule is CS(=O)(=O)c1ccc(NC2C3CNCC32)c([N+](=O)[O-])c1. The van der Waals surface area contributed by atoms with Gasteiger partial charge in [0.25, 0.3) is 5.69 Å². The summed E-state index contributed by atoms with van der Waals surface area (Å²) in [5, 5.41) is 17.5. The summed E-state index contributed by atoms with van der Waals surface area (Å²) < 4.78 is 22.9. The molecule has 1 saturated carbocycles. The van der Waals surface area contributed by atoms with Crippen molar-refractivity contribution >= 4 is 21.2 Å². The van der Waals surface area contributed by atoms with Crippen LogP contribution in [0.5, 0.6) is 0 Å². The fourth-order valence-corrected chi connectivity index (χ4v) is 3.47. The summed E-state index contributed by atoms with van der Waals surface area (Å²) in [4.78, 5) is 10.5. The predicted octanol–water partition coefficient (Wildman–Crippen LogP) is 0.628. The molecule has 108 valence electrons. The first-order chi connectivity index (χ1) is 9.38. The minimum absolute atomic E-state index is 0.0348. The van der Waals surface area contributed by atoms with Crippen LogP contribution in [0.1, 0.15) is 0 Å². The second-order valence-corrected chi connectivity index (χ2v) is 7.38. The van der Waals surface area contributed by atoms with Gasteiger partial charge in [0.05, 0.1) is 9.82 Å². The van der Waals surface area contributed by atoms with E-state index in [1.54, 1.807) is 0 Å². The second kappa shape index (κ2) is 4.42. The second-order valence-electron chi connectivity index (χ2n) is 5.36. The standard InChI is InChI=1S/C12H15N3O4S/c1-20(18,19)7-2-3-10(11(4-7)15(16)17)14-12-8-5-13-6-9(8)12/h2-4,8-9,12-14H,5-6H2,1H3. The van der Waals surface area contributed by atoms with Crippen LogP contribution in [-0.2, 0) is 9.84 Å². The van der Waals surface area contributed by atoms with E-state index in [0.29, 0.717) is 17.5 Å². The first-order valence-electron chi connectivity index (χ1n) is 6.33. The highest BCUT2D eigenvalue weighted by Crippen LogP contribution is 2.45. The molecule has 1 aromatic rings. The van der Waals surface area contributed by atoms with Crippen LogP contribution in [0.3, 0.4) is 0 Å². The quantitative estimate of drug-likeness (QED) is 0.624. The fraction of sp³-hybridized carbons (Fsp3) is 0.500. The molecular formula is C12H15N3O4S. The number of benzene rings is 1. The van der Waals surface area contributed by atoms with Crippen LogP contribution in [-0.4, -0.2) is 38.7 Å². The zero-order valence-electron chi connectivity index (χ0n) is 10.9. The molecule has 2 aliphatic rings. The maximum atomic E-state index is 11.5. The number of nitro groups is 1. The number of rotatable bonds is 4. The van der Waals surface area contributed by atoms with Crippen LogP contribution < -0.4 is 10.6 Å². The van der Waals surface area contributed by atoms with Crippen LogP contribution in [0.25, 0.3) is 0 Å². The largest absolute Gasteiger partial charge is 0.376 e. The van der Waals surface area contributed by atoms with E-state index in [9.17, 15) is 18.5 Å². The molecule has 0 aromatic heterocycles. The Kier molecular flexibility index (Phi) is 2.94. The van der Waals surface area contributed by atoms with Gasteiger partial charge in [-0.1, -0.05) is 0 Å². The van der Waals surface area contributed by atoms with Gasteiger partial charge in [-0.25, -0.2) is 8.42 Å². The number of piperidine rings is 1. The van der Waals surface area contributed by atoms with Crippen LogP contribution in [0.4, 0.5) is 11.4 Å². The van der Waals surface area contributed by atoms with Gasteiger partial charge in [-0.05, 0) is 24.0 Å². The molecule has 1 heterocycles. The van der Waals surface area contributed by atoms with Crippen molar-refractivity contribution in [2.75, 3.05) is 24.7 Å². The Morgan fingerprint density at radius 3 is 2.55 bits per heavy atom. The number of nitrogens with one attached hydrogen (secondary N) is 2. The summed E-state index contributed by atoms with van der Waals surface area (Å²) in [6.07, 6.45) is 1.04. The average molecular weight is 297 g/mol. The third-order valence-electron chi connectivity index (χ3n) is 4.01. The van der Waals surface area contributed by atoms with E-state index in [0.717, 1.165) is 25.4 Å². The van der Waals surface area contributed by atoms with E-state index in [1.165, 1.54) is 12.1 Å².